The van der Waals surface area contributed by atoms with Crippen LogP contribution in [0.3, 0.4) is 0 Å². The molecule has 7 nitrogen and oxygen atoms in total. The number of benzene rings is 1. The molecule has 0 saturated carbocycles. The fraction of sp³-hybridized carbons (Fsp3) is 0.389. The standard InChI is InChI=1S/C18H22ClN3O4S/c1-12-20-15(19)10-16(21-12)25-14-8-6-13(7-9-14)11-27(24)22(5)17(23)26-18(2,3)4/h6-10H,11H2,1-5H3. The lowest BCUT2D eigenvalue weighted by atomic mass is 10.2. The summed E-state index contributed by atoms with van der Waals surface area (Å²) >= 11 is 4.34. The van der Waals surface area contributed by atoms with Crippen molar-refractivity contribution in [1.29, 1.82) is 0 Å². The molecule has 0 radical (unpaired) electrons. The Hall–Kier alpha value is -2.03. The lowest BCUT2D eigenvalue weighted by Crippen LogP contribution is -2.38. The van der Waals surface area contributed by atoms with Crippen LogP contribution in [0.4, 0.5) is 4.79 Å². The summed E-state index contributed by atoms with van der Waals surface area (Å²) in [6, 6.07) is 8.52. The van der Waals surface area contributed by atoms with E-state index in [1.165, 1.54) is 13.1 Å². The number of hydrogen-bond acceptors (Lipinski definition) is 6. The third-order valence-electron chi connectivity index (χ3n) is 3.18. The predicted octanol–water partition coefficient (Wildman–Crippen LogP) is 4.26. The van der Waals surface area contributed by atoms with Crippen LogP contribution in [0.25, 0.3) is 0 Å². The second-order valence-electron chi connectivity index (χ2n) is 6.77. The molecule has 1 unspecified atom stereocenters. The Morgan fingerprint density at radius 1 is 1.26 bits per heavy atom. The van der Waals surface area contributed by atoms with Crippen molar-refractivity contribution in [1.82, 2.24) is 14.3 Å². The summed E-state index contributed by atoms with van der Waals surface area (Å²) in [5.41, 5.74) is 0.143. The molecule has 0 aliphatic carbocycles. The summed E-state index contributed by atoms with van der Waals surface area (Å²) in [7, 11) is 1.45. The van der Waals surface area contributed by atoms with Crippen LogP contribution in [0.1, 0.15) is 32.2 Å². The van der Waals surface area contributed by atoms with Crippen molar-refractivity contribution in [2.24, 2.45) is 0 Å². The topological polar surface area (TPSA) is 87.6 Å². The van der Waals surface area contributed by atoms with Gasteiger partial charge in [0.25, 0.3) is 0 Å². The van der Waals surface area contributed by atoms with E-state index in [2.05, 4.69) is 9.97 Å². The smallest absolute Gasteiger partial charge is 0.451 e. The van der Waals surface area contributed by atoms with Crippen molar-refractivity contribution in [3.8, 4) is 11.6 Å². The van der Waals surface area contributed by atoms with E-state index in [9.17, 15) is 9.35 Å². The van der Waals surface area contributed by atoms with Crippen LogP contribution in [0.15, 0.2) is 30.3 Å². The minimum absolute atomic E-state index is 0.175. The van der Waals surface area contributed by atoms with Gasteiger partial charge in [0.2, 0.25) is 5.88 Å². The highest BCUT2D eigenvalue weighted by Gasteiger charge is 2.27. The Bertz CT molecular complexity index is 776. The third kappa shape index (κ3) is 6.89. The molecule has 1 aromatic carbocycles. The third-order valence-corrected chi connectivity index (χ3v) is 4.71. The van der Waals surface area contributed by atoms with Crippen molar-refractivity contribution in [3.05, 3.63) is 46.9 Å². The second kappa shape index (κ2) is 8.77. The van der Waals surface area contributed by atoms with Crippen LogP contribution in [0.5, 0.6) is 11.6 Å². The van der Waals surface area contributed by atoms with E-state index in [-0.39, 0.29) is 5.75 Å². The zero-order valence-corrected chi connectivity index (χ0v) is 17.4. The molecule has 2 rings (SSSR count). The van der Waals surface area contributed by atoms with Gasteiger partial charge in [0, 0.05) is 11.6 Å². The quantitative estimate of drug-likeness (QED) is 0.539. The number of carbonyl (C=O) groups is 1. The van der Waals surface area contributed by atoms with Gasteiger partial charge in [-0.1, -0.05) is 23.7 Å². The molecule has 1 aromatic heterocycles. The Labute approximate surface area is 167 Å². The van der Waals surface area contributed by atoms with Crippen LogP contribution < -0.4 is 4.74 Å². The Morgan fingerprint density at radius 3 is 2.44 bits per heavy atom. The molecule has 27 heavy (non-hydrogen) atoms. The number of aromatic nitrogens is 2. The summed E-state index contributed by atoms with van der Waals surface area (Å²) in [5, 5.41) is 0.301. The number of rotatable bonds is 5. The number of ether oxygens (including phenoxy) is 2. The molecule has 1 amide bonds. The van der Waals surface area contributed by atoms with Gasteiger partial charge in [-0.05, 0) is 39.8 Å². The predicted molar refractivity (Wildman–Crippen MR) is 104 cm³/mol. The molecule has 0 saturated heterocycles. The molecule has 0 aliphatic heterocycles. The first-order valence-electron chi connectivity index (χ1n) is 8.17. The van der Waals surface area contributed by atoms with Gasteiger partial charge in [-0.2, -0.15) is 4.98 Å². The SMILES string of the molecule is Cc1nc(Cl)cc(Oc2ccc(C[S+]([O-])N(C)C(=O)OC(C)(C)C)cc2)n1. The maximum absolute atomic E-state index is 12.4. The minimum atomic E-state index is -1.55. The Balaban J connectivity index is 1.97. The van der Waals surface area contributed by atoms with Gasteiger partial charge < -0.3 is 14.0 Å². The monoisotopic (exact) mass is 411 g/mol. The molecule has 1 atom stereocenters. The number of aryl methyl sites for hydroxylation is 1. The number of hydrogen-bond donors (Lipinski definition) is 0. The maximum Gasteiger partial charge on any atom is 0.451 e. The van der Waals surface area contributed by atoms with Gasteiger partial charge >= 0.3 is 6.09 Å². The number of nitrogens with zero attached hydrogens (tertiary/aromatic N) is 3. The normalized spacial score (nSPS) is 12.4. The average Bonchev–Trinajstić information content (AvgIpc) is 2.53. The Kier molecular flexibility index (Phi) is 6.91. The summed E-state index contributed by atoms with van der Waals surface area (Å²) in [6.45, 7) is 6.99. The van der Waals surface area contributed by atoms with Crippen LogP contribution in [-0.2, 0) is 21.9 Å². The van der Waals surface area contributed by atoms with E-state index in [4.69, 9.17) is 21.1 Å². The lowest BCUT2D eigenvalue weighted by molar-refractivity contribution is 0.0420. The molecular weight excluding hydrogens is 390 g/mol. The van der Waals surface area contributed by atoms with E-state index < -0.39 is 23.1 Å². The first-order chi connectivity index (χ1) is 12.5. The van der Waals surface area contributed by atoms with Crippen molar-refractivity contribution in [3.63, 3.8) is 0 Å². The molecule has 0 aliphatic rings. The highest BCUT2D eigenvalue weighted by Crippen LogP contribution is 2.23. The van der Waals surface area contributed by atoms with E-state index >= 15 is 0 Å². The molecule has 0 fully saturated rings. The first-order valence-corrected chi connectivity index (χ1v) is 9.82. The average molecular weight is 412 g/mol. The zero-order valence-electron chi connectivity index (χ0n) is 15.9. The minimum Gasteiger partial charge on any atom is -0.593 e. The van der Waals surface area contributed by atoms with Crippen molar-refractivity contribution in [2.45, 2.75) is 39.0 Å². The first kappa shape index (κ1) is 21.3. The molecule has 2 aromatic rings. The van der Waals surface area contributed by atoms with Gasteiger partial charge in [0.1, 0.15) is 22.3 Å². The van der Waals surface area contributed by atoms with E-state index in [0.29, 0.717) is 22.6 Å². The zero-order chi connectivity index (χ0) is 20.2. The fourth-order valence-corrected chi connectivity index (χ4v) is 3.07. The highest BCUT2D eigenvalue weighted by atomic mass is 35.5. The van der Waals surface area contributed by atoms with Gasteiger partial charge in [0.15, 0.2) is 5.75 Å². The van der Waals surface area contributed by atoms with Gasteiger partial charge in [-0.25, -0.2) is 9.78 Å². The fourth-order valence-electron chi connectivity index (χ4n) is 1.98. The second-order valence-corrected chi connectivity index (χ2v) is 8.63. The number of halogens is 1. The summed E-state index contributed by atoms with van der Waals surface area (Å²) in [5.74, 6) is 1.58. The summed E-state index contributed by atoms with van der Waals surface area (Å²) in [6.07, 6.45) is -0.628. The van der Waals surface area contributed by atoms with Crippen LogP contribution in [-0.4, -0.2) is 37.6 Å². The Morgan fingerprint density at radius 2 is 1.89 bits per heavy atom. The largest absolute Gasteiger partial charge is 0.593 e. The maximum atomic E-state index is 12.4. The van der Waals surface area contributed by atoms with Crippen LogP contribution >= 0.6 is 11.6 Å². The number of carbonyl (C=O) groups excluding carboxylic acids is 1. The van der Waals surface area contributed by atoms with E-state index in [1.54, 1.807) is 52.0 Å². The molecule has 0 spiro atoms. The molecule has 0 bridgehead atoms. The lowest BCUT2D eigenvalue weighted by Gasteiger charge is -2.25. The van der Waals surface area contributed by atoms with E-state index in [1.807, 2.05) is 0 Å². The molecular formula is C18H22ClN3O4S. The number of amides is 1. The van der Waals surface area contributed by atoms with Crippen LogP contribution in [0, 0.1) is 6.92 Å². The molecule has 9 heteroatoms. The molecule has 1 heterocycles. The van der Waals surface area contributed by atoms with Crippen molar-refractivity contribution < 1.29 is 18.8 Å². The van der Waals surface area contributed by atoms with E-state index in [0.717, 1.165) is 9.87 Å². The van der Waals surface area contributed by atoms with Gasteiger partial charge in [-0.15, -0.1) is 4.31 Å². The molecule has 146 valence electrons. The summed E-state index contributed by atoms with van der Waals surface area (Å²) in [4.78, 5) is 20.1. The van der Waals surface area contributed by atoms with Gasteiger partial charge in [-0.3, -0.25) is 0 Å². The van der Waals surface area contributed by atoms with Crippen molar-refractivity contribution >= 4 is 29.1 Å². The van der Waals surface area contributed by atoms with Crippen LogP contribution in [0.2, 0.25) is 5.15 Å². The highest BCUT2D eigenvalue weighted by molar-refractivity contribution is 7.88. The molecule has 0 N–H and O–H groups in total. The summed E-state index contributed by atoms with van der Waals surface area (Å²) < 4.78 is 24.3. The van der Waals surface area contributed by atoms with Crippen molar-refractivity contribution in [2.75, 3.05) is 7.05 Å². The van der Waals surface area contributed by atoms with Gasteiger partial charge in [0.05, 0.1) is 18.4 Å².